The molecule has 0 aliphatic carbocycles. The molecule has 0 saturated heterocycles. The molecule has 0 fully saturated rings. The Morgan fingerprint density at radius 2 is 1.79 bits per heavy atom. The van der Waals surface area contributed by atoms with E-state index in [4.69, 9.17) is 5.73 Å². The van der Waals surface area contributed by atoms with E-state index in [1.54, 1.807) is 13.8 Å². The summed E-state index contributed by atoms with van der Waals surface area (Å²) in [5.41, 5.74) is 6.93. The quantitative estimate of drug-likeness (QED) is 0.766. The molecule has 0 aliphatic rings. The first-order chi connectivity index (χ1) is 6.54. The second-order valence-electron chi connectivity index (χ2n) is 4.15. The van der Waals surface area contributed by atoms with Gasteiger partial charge in [-0.3, -0.25) is 0 Å². The minimum Gasteiger partial charge on any atom is -0.386 e. The van der Waals surface area contributed by atoms with E-state index in [1.807, 2.05) is 12.1 Å². The van der Waals surface area contributed by atoms with Crippen LogP contribution in [0, 0.1) is 0 Å². The molecule has 0 saturated carbocycles. The Labute approximate surface area is 85.8 Å². The molecule has 0 aliphatic heterocycles. The topological polar surface area (TPSA) is 46.2 Å². The van der Waals surface area contributed by atoms with Gasteiger partial charge in [-0.1, -0.05) is 24.3 Å². The summed E-state index contributed by atoms with van der Waals surface area (Å²) in [5, 5.41) is 9.74. The van der Waals surface area contributed by atoms with Crippen LogP contribution in [-0.2, 0) is 12.0 Å². The van der Waals surface area contributed by atoms with Gasteiger partial charge in [0.15, 0.2) is 0 Å². The van der Waals surface area contributed by atoms with E-state index in [2.05, 4.69) is 12.1 Å². The molecule has 1 aromatic rings. The molecule has 14 heavy (non-hydrogen) atoms. The van der Waals surface area contributed by atoms with Crippen LogP contribution < -0.4 is 5.73 Å². The van der Waals surface area contributed by atoms with Crippen molar-refractivity contribution in [2.45, 2.75) is 32.3 Å². The number of aryl methyl sites for hydroxylation is 1. The largest absolute Gasteiger partial charge is 0.386 e. The molecule has 2 heteroatoms. The zero-order valence-electron chi connectivity index (χ0n) is 8.96. The first kappa shape index (κ1) is 11.2. The average molecular weight is 193 g/mol. The van der Waals surface area contributed by atoms with E-state index < -0.39 is 5.60 Å². The Kier molecular flexibility index (Phi) is 3.67. The van der Waals surface area contributed by atoms with Gasteiger partial charge in [-0.25, -0.2) is 0 Å². The van der Waals surface area contributed by atoms with Crippen LogP contribution in [0.25, 0.3) is 0 Å². The van der Waals surface area contributed by atoms with Crippen LogP contribution in [0.15, 0.2) is 24.3 Å². The zero-order valence-corrected chi connectivity index (χ0v) is 8.96. The fourth-order valence-corrected chi connectivity index (χ4v) is 1.39. The van der Waals surface area contributed by atoms with Crippen molar-refractivity contribution in [1.29, 1.82) is 0 Å². The highest BCUT2D eigenvalue weighted by Gasteiger charge is 2.14. The van der Waals surface area contributed by atoms with Crippen LogP contribution in [0.1, 0.15) is 31.4 Å². The van der Waals surface area contributed by atoms with Crippen LogP contribution in [0.3, 0.4) is 0 Å². The number of nitrogens with two attached hydrogens (primary N) is 1. The fourth-order valence-electron chi connectivity index (χ4n) is 1.39. The molecule has 1 rings (SSSR count). The van der Waals surface area contributed by atoms with Gasteiger partial charge in [0.25, 0.3) is 0 Å². The lowest BCUT2D eigenvalue weighted by Gasteiger charge is -2.17. The summed E-state index contributed by atoms with van der Waals surface area (Å²) in [6.45, 7) is 4.32. The lowest BCUT2D eigenvalue weighted by Crippen LogP contribution is -2.15. The molecule has 0 atom stereocenters. The maximum atomic E-state index is 9.74. The van der Waals surface area contributed by atoms with Crippen molar-refractivity contribution in [3.05, 3.63) is 35.4 Å². The smallest absolute Gasteiger partial charge is 0.0840 e. The van der Waals surface area contributed by atoms with Gasteiger partial charge >= 0.3 is 0 Å². The summed E-state index contributed by atoms with van der Waals surface area (Å²) in [6.07, 6.45) is 2.03. The van der Waals surface area contributed by atoms with Crippen LogP contribution in [0.5, 0.6) is 0 Å². The Hall–Kier alpha value is -0.860. The van der Waals surface area contributed by atoms with E-state index in [0.717, 1.165) is 24.9 Å². The maximum absolute atomic E-state index is 9.74. The maximum Gasteiger partial charge on any atom is 0.0840 e. The van der Waals surface area contributed by atoms with Gasteiger partial charge in [0.05, 0.1) is 5.60 Å². The van der Waals surface area contributed by atoms with Crippen molar-refractivity contribution >= 4 is 0 Å². The van der Waals surface area contributed by atoms with Gasteiger partial charge in [-0.2, -0.15) is 0 Å². The van der Waals surface area contributed by atoms with E-state index in [1.165, 1.54) is 5.56 Å². The minimum absolute atomic E-state index is 0.729. The molecule has 2 nitrogen and oxygen atoms in total. The molecule has 1 aromatic carbocycles. The molecule has 0 bridgehead atoms. The van der Waals surface area contributed by atoms with Crippen LogP contribution in [0.2, 0.25) is 0 Å². The Morgan fingerprint density at radius 1 is 1.21 bits per heavy atom. The molecular formula is C12H19NO. The summed E-state index contributed by atoms with van der Waals surface area (Å²) in [4.78, 5) is 0. The van der Waals surface area contributed by atoms with Crippen molar-refractivity contribution in [2.24, 2.45) is 5.73 Å². The van der Waals surface area contributed by atoms with Crippen LogP contribution in [0.4, 0.5) is 0 Å². The number of benzene rings is 1. The minimum atomic E-state index is -0.744. The summed E-state index contributed by atoms with van der Waals surface area (Å²) in [5.74, 6) is 0. The van der Waals surface area contributed by atoms with Gasteiger partial charge in [0.1, 0.15) is 0 Å². The first-order valence-electron chi connectivity index (χ1n) is 5.06. The predicted octanol–water partition coefficient (Wildman–Crippen LogP) is 1.81. The molecular weight excluding hydrogens is 174 g/mol. The highest BCUT2D eigenvalue weighted by atomic mass is 16.3. The van der Waals surface area contributed by atoms with E-state index >= 15 is 0 Å². The number of rotatable bonds is 4. The zero-order chi connectivity index (χ0) is 10.6. The molecule has 3 N–H and O–H groups in total. The fraction of sp³-hybridized carbons (Fsp3) is 0.500. The normalized spacial score (nSPS) is 11.7. The monoisotopic (exact) mass is 193 g/mol. The SMILES string of the molecule is CC(C)(O)c1ccc(CCCN)cc1. The molecule has 0 aromatic heterocycles. The standard InChI is InChI=1S/C12H19NO/c1-12(2,14)11-7-5-10(6-8-11)4-3-9-13/h5-8,14H,3-4,9,13H2,1-2H3. The third-order valence-electron chi connectivity index (χ3n) is 2.33. The first-order valence-corrected chi connectivity index (χ1v) is 5.06. The van der Waals surface area contributed by atoms with E-state index in [9.17, 15) is 5.11 Å². The lowest BCUT2D eigenvalue weighted by molar-refractivity contribution is 0.0786. The summed E-state index contributed by atoms with van der Waals surface area (Å²) in [6, 6.07) is 8.07. The van der Waals surface area contributed by atoms with Gasteiger partial charge in [0, 0.05) is 0 Å². The Balaban J connectivity index is 2.69. The number of hydrogen-bond acceptors (Lipinski definition) is 2. The van der Waals surface area contributed by atoms with Crippen molar-refractivity contribution in [3.8, 4) is 0 Å². The molecule has 0 unspecified atom stereocenters. The van der Waals surface area contributed by atoms with E-state index in [-0.39, 0.29) is 0 Å². The highest BCUT2D eigenvalue weighted by molar-refractivity contribution is 5.26. The summed E-state index contributed by atoms with van der Waals surface area (Å²) in [7, 11) is 0. The molecule has 0 heterocycles. The van der Waals surface area contributed by atoms with E-state index in [0.29, 0.717) is 0 Å². The average Bonchev–Trinajstić information content (AvgIpc) is 2.14. The number of hydrogen-bond donors (Lipinski definition) is 2. The molecule has 0 radical (unpaired) electrons. The molecule has 0 amide bonds. The van der Waals surface area contributed by atoms with Gasteiger partial charge < -0.3 is 10.8 Å². The summed E-state index contributed by atoms with van der Waals surface area (Å²) >= 11 is 0. The van der Waals surface area contributed by atoms with Crippen LogP contribution >= 0.6 is 0 Å². The predicted molar refractivity (Wildman–Crippen MR) is 59.1 cm³/mol. The Morgan fingerprint density at radius 3 is 2.21 bits per heavy atom. The molecule has 78 valence electrons. The third kappa shape index (κ3) is 3.13. The van der Waals surface area contributed by atoms with Crippen molar-refractivity contribution in [3.63, 3.8) is 0 Å². The lowest BCUT2D eigenvalue weighted by atomic mass is 9.96. The van der Waals surface area contributed by atoms with Gasteiger partial charge in [-0.05, 0) is 44.4 Å². The van der Waals surface area contributed by atoms with Gasteiger partial charge in [-0.15, -0.1) is 0 Å². The Bertz CT molecular complexity index is 271. The summed E-state index contributed by atoms with van der Waals surface area (Å²) < 4.78 is 0. The number of aliphatic hydroxyl groups is 1. The van der Waals surface area contributed by atoms with Crippen molar-refractivity contribution in [1.82, 2.24) is 0 Å². The van der Waals surface area contributed by atoms with Gasteiger partial charge in [0.2, 0.25) is 0 Å². The highest BCUT2D eigenvalue weighted by Crippen LogP contribution is 2.19. The second-order valence-corrected chi connectivity index (χ2v) is 4.15. The second kappa shape index (κ2) is 4.58. The van der Waals surface area contributed by atoms with Crippen LogP contribution in [-0.4, -0.2) is 11.7 Å². The van der Waals surface area contributed by atoms with Crippen molar-refractivity contribution in [2.75, 3.05) is 6.54 Å². The third-order valence-corrected chi connectivity index (χ3v) is 2.33. The van der Waals surface area contributed by atoms with Crippen molar-refractivity contribution < 1.29 is 5.11 Å². The molecule has 0 spiro atoms.